The van der Waals surface area contributed by atoms with Gasteiger partial charge >= 0.3 is 5.97 Å². The van der Waals surface area contributed by atoms with Crippen molar-refractivity contribution in [3.63, 3.8) is 0 Å². The van der Waals surface area contributed by atoms with Gasteiger partial charge in [0.1, 0.15) is 10.6 Å². The summed E-state index contributed by atoms with van der Waals surface area (Å²) >= 11 is 2.58. The lowest BCUT2D eigenvalue weighted by Crippen LogP contribution is -1.96. The third-order valence-electron chi connectivity index (χ3n) is 2.77. The van der Waals surface area contributed by atoms with Crippen LogP contribution < -0.4 is 0 Å². The standard InChI is InChI=1S/C14H10N2O3S2/c1-19-13(18)11-7-16-14(21-11)15-6-10-12(17)8-4-2-3-5-9(8)20-10/h2-7,17H,1H3. The highest BCUT2D eigenvalue weighted by molar-refractivity contribution is 7.21. The van der Waals surface area contributed by atoms with Gasteiger partial charge in [-0.1, -0.05) is 23.5 Å². The highest BCUT2D eigenvalue weighted by atomic mass is 32.1. The molecule has 0 bridgehead atoms. The van der Waals surface area contributed by atoms with Crippen LogP contribution in [0.5, 0.6) is 5.75 Å². The fourth-order valence-corrected chi connectivity index (χ4v) is 3.42. The summed E-state index contributed by atoms with van der Waals surface area (Å²) < 4.78 is 5.60. The fraction of sp³-hybridized carbons (Fsp3) is 0.0714. The molecule has 106 valence electrons. The Labute approximate surface area is 128 Å². The van der Waals surface area contributed by atoms with Crippen LogP contribution in [0, 0.1) is 0 Å². The summed E-state index contributed by atoms with van der Waals surface area (Å²) in [6.07, 6.45) is 2.98. The topological polar surface area (TPSA) is 71.8 Å². The van der Waals surface area contributed by atoms with E-state index < -0.39 is 5.97 Å². The predicted molar refractivity (Wildman–Crippen MR) is 84.2 cm³/mol. The molecule has 0 aliphatic rings. The maximum Gasteiger partial charge on any atom is 0.349 e. The number of benzene rings is 1. The number of ether oxygens (including phenoxy) is 1. The summed E-state index contributed by atoms with van der Waals surface area (Å²) in [7, 11) is 1.32. The molecule has 1 aromatic carbocycles. The van der Waals surface area contributed by atoms with Gasteiger partial charge in [0.05, 0.1) is 24.4 Å². The zero-order valence-corrected chi connectivity index (χ0v) is 12.6. The molecule has 0 radical (unpaired) electrons. The second kappa shape index (κ2) is 5.63. The molecule has 0 saturated heterocycles. The lowest BCUT2D eigenvalue weighted by atomic mass is 10.2. The van der Waals surface area contributed by atoms with E-state index in [9.17, 15) is 9.90 Å². The van der Waals surface area contributed by atoms with Gasteiger partial charge in [0.15, 0.2) is 0 Å². The first-order chi connectivity index (χ1) is 10.2. The lowest BCUT2D eigenvalue weighted by molar-refractivity contribution is 0.0606. The van der Waals surface area contributed by atoms with Crippen LogP contribution >= 0.6 is 22.7 Å². The number of hydrogen-bond donors (Lipinski definition) is 1. The van der Waals surface area contributed by atoms with Gasteiger partial charge < -0.3 is 9.84 Å². The number of methoxy groups -OCH3 is 1. The second-order valence-corrected chi connectivity index (χ2v) is 6.16. The smallest absolute Gasteiger partial charge is 0.349 e. The molecule has 3 rings (SSSR count). The molecule has 1 N–H and O–H groups in total. The minimum absolute atomic E-state index is 0.212. The average molecular weight is 318 g/mol. The largest absolute Gasteiger partial charge is 0.506 e. The molecular weight excluding hydrogens is 308 g/mol. The van der Waals surface area contributed by atoms with E-state index in [1.54, 1.807) is 6.21 Å². The molecule has 5 nitrogen and oxygen atoms in total. The van der Waals surface area contributed by atoms with E-state index in [1.807, 2.05) is 24.3 Å². The highest BCUT2D eigenvalue weighted by Gasteiger charge is 2.11. The van der Waals surface area contributed by atoms with Crippen molar-refractivity contribution in [3.05, 3.63) is 40.2 Å². The van der Waals surface area contributed by atoms with Crippen LogP contribution in [-0.4, -0.2) is 29.4 Å². The highest BCUT2D eigenvalue weighted by Crippen LogP contribution is 2.35. The maximum atomic E-state index is 11.3. The second-order valence-electron chi connectivity index (χ2n) is 4.07. The van der Waals surface area contributed by atoms with Crippen LogP contribution in [0.3, 0.4) is 0 Å². The Morgan fingerprint density at radius 2 is 2.19 bits per heavy atom. The van der Waals surface area contributed by atoms with E-state index in [0.29, 0.717) is 14.9 Å². The number of rotatable bonds is 3. The first-order valence-electron chi connectivity index (χ1n) is 5.97. The molecule has 7 heteroatoms. The summed E-state index contributed by atoms with van der Waals surface area (Å²) in [5, 5.41) is 11.4. The zero-order chi connectivity index (χ0) is 14.8. The normalized spacial score (nSPS) is 11.3. The number of esters is 1. The van der Waals surface area contributed by atoms with Crippen molar-refractivity contribution >= 4 is 50.1 Å². The van der Waals surface area contributed by atoms with Gasteiger partial charge in [0.25, 0.3) is 0 Å². The zero-order valence-electron chi connectivity index (χ0n) is 10.9. The Kier molecular flexibility index (Phi) is 3.68. The van der Waals surface area contributed by atoms with Crippen molar-refractivity contribution in [3.8, 4) is 5.75 Å². The average Bonchev–Trinajstić information content (AvgIpc) is 3.10. The number of hydrogen-bond acceptors (Lipinski definition) is 7. The summed E-state index contributed by atoms with van der Waals surface area (Å²) in [4.78, 5) is 20.6. The number of aliphatic imine (C=N–C) groups is 1. The molecule has 0 amide bonds. The van der Waals surface area contributed by atoms with Crippen molar-refractivity contribution in [2.75, 3.05) is 7.11 Å². The monoisotopic (exact) mass is 318 g/mol. The number of carbonyl (C=O) groups excluding carboxylic acids is 1. The maximum absolute atomic E-state index is 11.3. The van der Waals surface area contributed by atoms with Gasteiger partial charge in [0, 0.05) is 10.1 Å². The summed E-state index contributed by atoms with van der Waals surface area (Å²) in [6.45, 7) is 0. The third kappa shape index (κ3) is 2.65. The predicted octanol–water partition coefficient (Wildman–Crippen LogP) is 3.60. The lowest BCUT2D eigenvalue weighted by Gasteiger charge is -1.90. The first kappa shape index (κ1) is 13.7. The molecule has 21 heavy (non-hydrogen) atoms. The molecule has 2 heterocycles. The van der Waals surface area contributed by atoms with E-state index >= 15 is 0 Å². The van der Waals surface area contributed by atoms with Crippen LogP contribution in [0.15, 0.2) is 35.5 Å². The van der Waals surface area contributed by atoms with Crippen LogP contribution in [0.1, 0.15) is 14.5 Å². The summed E-state index contributed by atoms with van der Waals surface area (Å²) in [5.74, 6) is -0.220. The summed E-state index contributed by atoms with van der Waals surface area (Å²) in [6, 6.07) is 7.59. The van der Waals surface area contributed by atoms with E-state index in [1.165, 1.54) is 24.6 Å². The van der Waals surface area contributed by atoms with Crippen LogP contribution in [0.25, 0.3) is 10.1 Å². The number of fused-ring (bicyclic) bond motifs is 1. The van der Waals surface area contributed by atoms with E-state index in [-0.39, 0.29) is 5.75 Å². The SMILES string of the molecule is COC(=O)c1cnc(N=Cc2sc3ccccc3c2O)s1. The number of aromatic hydroxyl groups is 1. The molecule has 0 fully saturated rings. The van der Waals surface area contributed by atoms with Crippen molar-refractivity contribution in [2.24, 2.45) is 4.99 Å². The van der Waals surface area contributed by atoms with Crippen molar-refractivity contribution in [1.29, 1.82) is 0 Å². The van der Waals surface area contributed by atoms with Crippen molar-refractivity contribution in [1.82, 2.24) is 4.98 Å². The Hall–Kier alpha value is -2.25. The molecule has 0 spiro atoms. The molecule has 2 aromatic heterocycles. The number of carbonyl (C=O) groups is 1. The van der Waals surface area contributed by atoms with Gasteiger partial charge in [-0.15, -0.1) is 11.3 Å². The molecule has 0 saturated carbocycles. The van der Waals surface area contributed by atoms with Crippen molar-refractivity contribution < 1.29 is 14.6 Å². The minimum atomic E-state index is -0.432. The van der Waals surface area contributed by atoms with Gasteiger partial charge in [0.2, 0.25) is 5.13 Å². The van der Waals surface area contributed by atoms with Crippen LogP contribution in [0.2, 0.25) is 0 Å². The molecule has 0 aliphatic heterocycles. The van der Waals surface area contributed by atoms with Gasteiger partial charge in [-0.25, -0.2) is 14.8 Å². The van der Waals surface area contributed by atoms with E-state index in [4.69, 9.17) is 0 Å². The van der Waals surface area contributed by atoms with Gasteiger partial charge in [-0.2, -0.15) is 0 Å². The third-order valence-corrected chi connectivity index (χ3v) is 4.75. The molecule has 0 unspecified atom stereocenters. The molecule has 0 aliphatic carbocycles. The minimum Gasteiger partial charge on any atom is -0.506 e. The Bertz CT molecular complexity index is 836. The van der Waals surface area contributed by atoms with Crippen LogP contribution in [-0.2, 0) is 4.74 Å². The number of nitrogens with zero attached hydrogens (tertiary/aromatic N) is 2. The first-order valence-corrected chi connectivity index (χ1v) is 7.61. The number of thiophene rings is 1. The Balaban J connectivity index is 1.89. The Morgan fingerprint density at radius 3 is 2.95 bits per heavy atom. The van der Waals surface area contributed by atoms with E-state index in [2.05, 4.69) is 14.7 Å². The van der Waals surface area contributed by atoms with Crippen molar-refractivity contribution in [2.45, 2.75) is 0 Å². The van der Waals surface area contributed by atoms with Crippen LogP contribution in [0.4, 0.5) is 5.13 Å². The van der Waals surface area contributed by atoms with Gasteiger partial charge in [-0.3, -0.25) is 0 Å². The quantitative estimate of drug-likeness (QED) is 0.591. The number of aromatic nitrogens is 1. The Morgan fingerprint density at radius 1 is 1.38 bits per heavy atom. The number of thiazole rings is 1. The van der Waals surface area contributed by atoms with Gasteiger partial charge in [-0.05, 0) is 12.1 Å². The van der Waals surface area contributed by atoms with E-state index in [0.717, 1.165) is 21.4 Å². The molecular formula is C14H10N2O3S2. The summed E-state index contributed by atoms with van der Waals surface area (Å²) in [5.41, 5.74) is 0. The molecule has 0 atom stereocenters. The molecule has 3 aromatic rings. The fourth-order valence-electron chi connectivity index (χ4n) is 1.77.